The van der Waals surface area contributed by atoms with Crippen LogP contribution in [0.1, 0.15) is 0 Å². The van der Waals surface area contributed by atoms with Gasteiger partial charge in [0.15, 0.2) is 0 Å². The summed E-state index contributed by atoms with van der Waals surface area (Å²) in [6.07, 6.45) is 0. The summed E-state index contributed by atoms with van der Waals surface area (Å²) < 4.78 is 17.9. The van der Waals surface area contributed by atoms with E-state index in [9.17, 15) is 4.39 Å². The van der Waals surface area contributed by atoms with Gasteiger partial charge in [-0.05, 0) is 22.0 Å². The quantitative estimate of drug-likeness (QED) is 0.736. The van der Waals surface area contributed by atoms with Crippen LogP contribution in [0.2, 0.25) is 0 Å². The van der Waals surface area contributed by atoms with Crippen molar-refractivity contribution in [2.45, 2.75) is 0 Å². The molecule has 60 valence electrons. The van der Waals surface area contributed by atoms with E-state index < -0.39 is 0 Å². The number of hydrogen-bond donors (Lipinski definition) is 1. The molecule has 0 bridgehead atoms. The molecule has 0 fully saturated rings. The lowest BCUT2D eigenvalue weighted by Crippen LogP contribution is -1.94. The first-order valence-electron chi connectivity index (χ1n) is 2.93. The average Bonchev–Trinajstić information content (AvgIpc) is 1.96. The van der Waals surface area contributed by atoms with Crippen molar-refractivity contribution in [3.05, 3.63) is 22.4 Å². The lowest BCUT2D eigenvalue weighted by molar-refractivity contribution is 0.413. The summed E-state index contributed by atoms with van der Waals surface area (Å²) in [5.41, 5.74) is 5.93. The van der Waals surface area contributed by atoms with E-state index in [1.165, 1.54) is 19.2 Å². The molecule has 1 rings (SSSR count). The summed E-state index contributed by atoms with van der Waals surface area (Å²) in [4.78, 5) is 0. The average molecular weight is 220 g/mol. The molecule has 0 heterocycles. The van der Waals surface area contributed by atoms with Crippen molar-refractivity contribution in [2.75, 3.05) is 12.8 Å². The van der Waals surface area contributed by atoms with E-state index in [-0.39, 0.29) is 5.82 Å². The summed E-state index contributed by atoms with van der Waals surface area (Å²) in [6, 6.07) is 2.53. The van der Waals surface area contributed by atoms with Gasteiger partial charge < -0.3 is 10.5 Å². The predicted octanol–water partition coefficient (Wildman–Crippen LogP) is 2.18. The Hall–Kier alpha value is -0.770. The Kier molecular flexibility index (Phi) is 2.34. The zero-order valence-corrected chi connectivity index (χ0v) is 7.48. The molecule has 4 heteroatoms. The SMILES string of the molecule is COc1cc(F)cc(Br)c1N. The molecule has 0 aromatic heterocycles. The van der Waals surface area contributed by atoms with Gasteiger partial charge in [0.1, 0.15) is 11.6 Å². The predicted molar refractivity (Wildman–Crippen MR) is 45.1 cm³/mol. The van der Waals surface area contributed by atoms with Gasteiger partial charge in [-0.25, -0.2) is 4.39 Å². The highest BCUT2D eigenvalue weighted by Gasteiger charge is 2.05. The molecule has 2 N–H and O–H groups in total. The van der Waals surface area contributed by atoms with Gasteiger partial charge in [-0.15, -0.1) is 0 Å². The van der Waals surface area contributed by atoms with Crippen LogP contribution in [0.5, 0.6) is 5.75 Å². The largest absolute Gasteiger partial charge is 0.494 e. The van der Waals surface area contributed by atoms with Gasteiger partial charge >= 0.3 is 0 Å². The maximum absolute atomic E-state index is 12.6. The smallest absolute Gasteiger partial charge is 0.145 e. The van der Waals surface area contributed by atoms with E-state index in [4.69, 9.17) is 10.5 Å². The highest BCUT2D eigenvalue weighted by atomic mass is 79.9. The van der Waals surface area contributed by atoms with Gasteiger partial charge in [-0.2, -0.15) is 0 Å². The lowest BCUT2D eigenvalue weighted by atomic mass is 10.3. The van der Waals surface area contributed by atoms with Crippen LogP contribution in [0.4, 0.5) is 10.1 Å². The minimum atomic E-state index is -0.372. The number of nitrogen functional groups attached to an aromatic ring is 1. The monoisotopic (exact) mass is 219 g/mol. The molecule has 0 unspecified atom stereocenters. The van der Waals surface area contributed by atoms with Crippen LogP contribution in [-0.4, -0.2) is 7.11 Å². The Morgan fingerprint density at radius 2 is 2.18 bits per heavy atom. The minimum absolute atomic E-state index is 0.344. The summed E-state index contributed by atoms with van der Waals surface area (Å²) in [7, 11) is 1.44. The fraction of sp³-hybridized carbons (Fsp3) is 0.143. The number of rotatable bonds is 1. The van der Waals surface area contributed by atoms with Gasteiger partial charge in [-0.3, -0.25) is 0 Å². The fourth-order valence-corrected chi connectivity index (χ4v) is 1.14. The molecule has 0 atom stereocenters. The third kappa shape index (κ3) is 1.63. The van der Waals surface area contributed by atoms with Gasteiger partial charge in [0.25, 0.3) is 0 Å². The third-order valence-corrected chi connectivity index (χ3v) is 1.93. The number of nitrogens with two attached hydrogens (primary N) is 1. The second-order valence-corrected chi connectivity index (χ2v) is 2.86. The van der Waals surface area contributed by atoms with Crippen molar-refractivity contribution < 1.29 is 9.13 Å². The van der Waals surface area contributed by atoms with Gasteiger partial charge in [0, 0.05) is 10.5 Å². The maximum Gasteiger partial charge on any atom is 0.145 e. The Morgan fingerprint density at radius 3 is 2.73 bits per heavy atom. The van der Waals surface area contributed by atoms with E-state index in [0.717, 1.165) is 0 Å². The molecule has 0 aliphatic carbocycles. The summed E-state index contributed by atoms with van der Waals surface area (Å²) in [6.45, 7) is 0. The van der Waals surface area contributed by atoms with E-state index >= 15 is 0 Å². The number of benzene rings is 1. The first-order valence-corrected chi connectivity index (χ1v) is 3.73. The van der Waals surface area contributed by atoms with Crippen LogP contribution in [0.3, 0.4) is 0 Å². The normalized spacial score (nSPS) is 9.73. The van der Waals surface area contributed by atoms with Crippen molar-refractivity contribution in [2.24, 2.45) is 0 Å². The van der Waals surface area contributed by atoms with Crippen LogP contribution >= 0.6 is 15.9 Å². The summed E-state index contributed by atoms with van der Waals surface area (Å²) in [5.74, 6) is -0.0280. The van der Waals surface area contributed by atoms with E-state index in [1.54, 1.807) is 0 Å². The van der Waals surface area contributed by atoms with Crippen LogP contribution in [0.25, 0.3) is 0 Å². The second-order valence-electron chi connectivity index (χ2n) is 2.00. The third-order valence-electron chi connectivity index (χ3n) is 1.28. The Labute approximate surface area is 72.3 Å². The molecule has 1 aromatic carbocycles. The molecular weight excluding hydrogens is 213 g/mol. The molecule has 1 aromatic rings. The van der Waals surface area contributed by atoms with E-state index in [1.807, 2.05) is 0 Å². The molecule has 2 nitrogen and oxygen atoms in total. The highest BCUT2D eigenvalue weighted by molar-refractivity contribution is 9.10. The van der Waals surface area contributed by atoms with Gasteiger partial charge in [0.2, 0.25) is 0 Å². The van der Waals surface area contributed by atoms with Crippen molar-refractivity contribution in [3.63, 3.8) is 0 Å². The second kappa shape index (κ2) is 3.09. The summed E-state index contributed by atoms with van der Waals surface area (Å²) in [5, 5.41) is 0. The molecule has 0 aliphatic rings. The van der Waals surface area contributed by atoms with Crippen molar-refractivity contribution in [1.82, 2.24) is 0 Å². The van der Waals surface area contributed by atoms with E-state index in [0.29, 0.717) is 15.9 Å². The van der Waals surface area contributed by atoms with E-state index in [2.05, 4.69) is 15.9 Å². The molecule has 0 saturated carbocycles. The topological polar surface area (TPSA) is 35.2 Å². The number of hydrogen-bond acceptors (Lipinski definition) is 2. The first kappa shape index (κ1) is 8.33. The van der Waals surface area contributed by atoms with Crippen LogP contribution < -0.4 is 10.5 Å². The molecule has 11 heavy (non-hydrogen) atoms. The highest BCUT2D eigenvalue weighted by Crippen LogP contribution is 2.30. The number of methoxy groups -OCH3 is 1. The first-order chi connectivity index (χ1) is 5.15. The Morgan fingerprint density at radius 1 is 1.55 bits per heavy atom. The van der Waals surface area contributed by atoms with Gasteiger partial charge in [-0.1, -0.05) is 0 Å². The molecule has 0 radical (unpaired) electrons. The number of halogens is 2. The molecule has 0 aliphatic heterocycles. The summed E-state index contributed by atoms with van der Waals surface area (Å²) >= 11 is 3.09. The molecule has 0 amide bonds. The fourth-order valence-electron chi connectivity index (χ4n) is 0.730. The number of anilines is 1. The van der Waals surface area contributed by atoms with Gasteiger partial charge in [0.05, 0.1) is 12.8 Å². The van der Waals surface area contributed by atoms with Crippen molar-refractivity contribution >= 4 is 21.6 Å². The zero-order chi connectivity index (χ0) is 8.43. The molecule has 0 spiro atoms. The van der Waals surface area contributed by atoms with Crippen molar-refractivity contribution in [1.29, 1.82) is 0 Å². The zero-order valence-electron chi connectivity index (χ0n) is 5.90. The Balaban J connectivity index is 3.24. The van der Waals surface area contributed by atoms with Crippen molar-refractivity contribution in [3.8, 4) is 5.75 Å². The van der Waals surface area contributed by atoms with Crippen LogP contribution in [0, 0.1) is 5.82 Å². The standard InChI is InChI=1S/C7H7BrFNO/c1-11-6-3-4(9)2-5(8)7(6)10/h2-3H,10H2,1H3. The minimum Gasteiger partial charge on any atom is -0.494 e. The lowest BCUT2D eigenvalue weighted by Gasteiger charge is -2.05. The molecule has 0 saturated heterocycles. The maximum atomic E-state index is 12.6. The molecular formula is C7H7BrFNO. The Bertz CT molecular complexity index is 277. The van der Waals surface area contributed by atoms with Crippen LogP contribution in [0.15, 0.2) is 16.6 Å². The number of ether oxygens (including phenoxy) is 1. The van der Waals surface area contributed by atoms with Crippen LogP contribution in [-0.2, 0) is 0 Å².